The molecule has 0 aromatic carbocycles. The Labute approximate surface area is 335 Å². The molecule has 1 saturated carbocycles. The number of esters is 2. The number of allylic oxidation sites excluding steroid dienone is 19. The van der Waals surface area contributed by atoms with Gasteiger partial charge >= 0.3 is 23.9 Å². The molecule has 0 aliphatic heterocycles. The van der Waals surface area contributed by atoms with Gasteiger partial charge < -0.3 is 19.7 Å². The molecule has 0 bridgehead atoms. The van der Waals surface area contributed by atoms with E-state index < -0.39 is 23.9 Å². The van der Waals surface area contributed by atoms with Crippen molar-refractivity contribution >= 4 is 23.9 Å². The normalized spacial score (nSPS) is 23.9. The maximum absolute atomic E-state index is 12.1. The summed E-state index contributed by atoms with van der Waals surface area (Å²) in [7, 11) is 0. The van der Waals surface area contributed by atoms with Crippen molar-refractivity contribution in [1.29, 1.82) is 0 Å². The number of carbonyl (C=O) groups is 4. The van der Waals surface area contributed by atoms with Crippen LogP contribution in [0.15, 0.2) is 119 Å². The van der Waals surface area contributed by atoms with E-state index in [9.17, 15) is 19.2 Å². The fraction of sp³-hybridized carbons (Fsp3) is 0.500. The molecule has 0 aromatic heterocycles. The van der Waals surface area contributed by atoms with Gasteiger partial charge in [-0.05, 0) is 82.1 Å². The molecule has 0 radical (unpaired) electrons. The van der Waals surface area contributed by atoms with Crippen molar-refractivity contribution in [3.8, 4) is 0 Å². The van der Waals surface area contributed by atoms with Crippen LogP contribution in [0.5, 0.6) is 0 Å². The number of aliphatic carboxylic acids is 2. The van der Waals surface area contributed by atoms with Crippen LogP contribution in [0.2, 0.25) is 0 Å². The van der Waals surface area contributed by atoms with Crippen LogP contribution in [0.3, 0.4) is 0 Å². The minimum atomic E-state index is -1.00. The fourth-order valence-electron chi connectivity index (χ4n) is 7.63. The highest BCUT2D eigenvalue weighted by molar-refractivity contribution is 5.77. The summed E-state index contributed by atoms with van der Waals surface area (Å²) in [6.07, 6.45) is 31.2. The van der Waals surface area contributed by atoms with E-state index in [1.165, 1.54) is 11.1 Å². The fourth-order valence-corrected chi connectivity index (χ4v) is 7.63. The number of carboxylic acid groups (broad SMARTS) is 2. The van der Waals surface area contributed by atoms with E-state index in [1.807, 2.05) is 18.2 Å². The molecule has 0 heterocycles. The third-order valence-electron chi connectivity index (χ3n) is 10.4. The summed E-state index contributed by atoms with van der Waals surface area (Å²) in [6.45, 7) is 21.2. The average Bonchev–Trinajstić information content (AvgIpc) is 3.07. The van der Waals surface area contributed by atoms with Gasteiger partial charge in [-0.2, -0.15) is 0 Å². The molecular weight excluding hydrogens is 705 g/mol. The zero-order chi connectivity index (χ0) is 42.1. The quantitative estimate of drug-likeness (QED) is 0.104. The molecule has 2 aliphatic rings. The van der Waals surface area contributed by atoms with E-state index in [4.69, 9.17) is 19.7 Å². The zero-order valence-corrected chi connectivity index (χ0v) is 35.4. The van der Waals surface area contributed by atoms with Gasteiger partial charge in [-0.3, -0.25) is 19.2 Å². The number of rotatable bonds is 18. The molecule has 2 rings (SSSR count). The summed E-state index contributed by atoms with van der Waals surface area (Å²) in [4.78, 5) is 45.7. The predicted molar refractivity (Wildman–Crippen MR) is 226 cm³/mol. The third-order valence-corrected chi connectivity index (χ3v) is 10.4. The van der Waals surface area contributed by atoms with Gasteiger partial charge in [0.25, 0.3) is 0 Å². The first-order valence-electron chi connectivity index (χ1n) is 19.8. The molecule has 2 N–H and O–H groups in total. The van der Waals surface area contributed by atoms with Gasteiger partial charge in [-0.1, -0.05) is 148 Å². The van der Waals surface area contributed by atoms with Crippen LogP contribution in [0.4, 0.5) is 0 Å². The number of carboxylic acids is 2. The van der Waals surface area contributed by atoms with Crippen molar-refractivity contribution in [3.05, 3.63) is 119 Å². The van der Waals surface area contributed by atoms with Crippen LogP contribution in [-0.4, -0.2) is 46.3 Å². The third kappa shape index (κ3) is 17.8. The molecule has 2 aliphatic carbocycles. The van der Waals surface area contributed by atoms with E-state index in [-0.39, 0.29) is 48.7 Å². The van der Waals surface area contributed by atoms with E-state index in [2.05, 4.69) is 136 Å². The first-order chi connectivity index (χ1) is 26.2. The highest BCUT2D eigenvalue weighted by Crippen LogP contribution is 2.46. The molecular formula is C48H66O8. The summed E-state index contributed by atoms with van der Waals surface area (Å²) in [5.74, 6) is -2.23. The lowest BCUT2D eigenvalue weighted by Gasteiger charge is -2.44. The van der Waals surface area contributed by atoms with Crippen LogP contribution in [0, 0.1) is 22.7 Å². The first-order valence-corrected chi connectivity index (χ1v) is 19.8. The molecule has 1 fully saturated rings. The van der Waals surface area contributed by atoms with Crippen LogP contribution >= 0.6 is 0 Å². The Morgan fingerprint density at radius 2 is 1.12 bits per heavy atom. The van der Waals surface area contributed by atoms with Crippen molar-refractivity contribution in [2.45, 2.75) is 133 Å². The molecule has 56 heavy (non-hydrogen) atoms. The number of carbonyl (C=O) groups excluding carboxylic acids is 2. The Morgan fingerprint density at radius 3 is 1.61 bits per heavy atom. The molecule has 0 spiro atoms. The average molecular weight is 771 g/mol. The number of ether oxygens (including phenoxy) is 2. The standard InChI is InChI=1S/C48H66O8/c1-33(17-13-19-35(3)21-23-41-37(5)29-39(31-47(41,7)8)55-45(53)27-25-43(49)50)15-11-12-16-34(2)18-14-20-36(4)22-24-42-38(6)30-40(32-48(42,9)10)56-46(54)28-26-44(51)52/h11-24,37,39-41H,25-32H2,1-10H3,(H,49,50)(H,51,52)/b12-11+,17-13+,18-14+,23-21+,24-22+,33-15+,34-16+,35-19+,36-20+. The van der Waals surface area contributed by atoms with Gasteiger partial charge in [-0.15, -0.1) is 0 Å². The number of hydrogen-bond donors (Lipinski definition) is 2. The van der Waals surface area contributed by atoms with Crippen molar-refractivity contribution in [3.63, 3.8) is 0 Å². The SMILES string of the molecule is CC1=C(/C=C/C(C)=C/C=C/C(C)=C/C=C/C=C(C)/C=C/C=C(C)/C=C/C2C(C)CC(OC(=O)CCC(=O)O)CC2(C)C)C(C)(C)CC(OC(=O)CCC(=O)O)C1. The Bertz CT molecular complexity index is 1720. The second kappa shape index (κ2) is 22.7. The maximum Gasteiger partial charge on any atom is 0.306 e. The molecule has 0 saturated heterocycles. The Morgan fingerprint density at radius 1 is 0.661 bits per heavy atom. The zero-order valence-electron chi connectivity index (χ0n) is 35.4. The Balaban J connectivity index is 1.89. The Hall–Kier alpha value is -4.72. The second-order valence-corrected chi connectivity index (χ2v) is 16.9. The minimum absolute atomic E-state index is 0.0598. The predicted octanol–water partition coefficient (Wildman–Crippen LogP) is 11.3. The van der Waals surface area contributed by atoms with Gasteiger partial charge in [0.15, 0.2) is 0 Å². The van der Waals surface area contributed by atoms with Crippen molar-refractivity contribution < 1.29 is 38.9 Å². The first kappa shape index (κ1) is 47.4. The summed E-state index contributed by atoms with van der Waals surface area (Å²) < 4.78 is 11.2. The van der Waals surface area contributed by atoms with Crippen LogP contribution < -0.4 is 0 Å². The van der Waals surface area contributed by atoms with Crippen LogP contribution in [0.25, 0.3) is 0 Å². The highest BCUT2D eigenvalue weighted by Gasteiger charge is 2.41. The van der Waals surface area contributed by atoms with E-state index >= 15 is 0 Å². The molecule has 306 valence electrons. The number of hydrogen-bond acceptors (Lipinski definition) is 6. The lowest BCUT2D eigenvalue weighted by atomic mass is 9.63. The van der Waals surface area contributed by atoms with Crippen LogP contribution in [0.1, 0.15) is 121 Å². The summed E-state index contributed by atoms with van der Waals surface area (Å²) >= 11 is 0. The van der Waals surface area contributed by atoms with E-state index in [0.29, 0.717) is 24.7 Å². The summed E-state index contributed by atoms with van der Waals surface area (Å²) in [6, 6.07) is 0. The Kier molecular flexibility index (Phi) is 19.3. The van der Waals surface area contributed by atoms with E-state index in [1.54, 1.807) is 0 Å². The lowest BCUT2D eigenvalue weighted by molar-refractivity contribution is -0.157. The molecule has 4 unspecified atom stereocenters. The smallest absolute Gasteiger partial charge is 0.306 e. The topological polar surface area (TPSA) is 127 Å². The van der Waals surface area contributed by atoms with Crippen molar-refractivity contribution in [2.75, 3.05) is 0 Å². The monoisotopic (exact) mass is 770 g/mol. The van der Waals surface area contributed by atoms with Crippen LogP contribution in [-0.2, 0) is 28.7 Å². The molecule has 0 amide bonds. The molecule has 8 nitrogen and oxygen atoms in total. The minimum Gasteiger partial charge on any atom is -0.481 e. The molecule has 8 heteroatoms. The highest BCUT2D eigenvalue weighted by atomic mass is 16.5. The van der Waals surface area contributed by atoms with Gasteiger partial charge in [0, 0.05) is 6.42 Å². The summed E-state index contributed by atoms with van der Waals surface area (Å²) in [5.41, 5.74) is 6.69. The lowest BCUT2D eigenvalue weighted by Crippen LogP contribution is -2.40. The van der Waals surface area contributed by atoms with Gasteiger partial charge in [0.05, 0.1) is 25.7 Å². The van der Waals surface area contributed by atoms with Gasteiger partial charge in [-0.25, -0.2) is 0 Å². The van der Waals surface area contributed by atoms with Gasteiger partial charge in [0.1, 0.15) is 12.2 Å². The maximum atomic E-state index is 12.1. The largest absolute Gasteiger partial charge is 0.481 e. The van der Waals surface area contributed by atoms with Crippen molar-refractivity contribution in [2.24, 2.45) is 22.7 Å². The van der Waals surface area contributed by atoms with E-state index in [0.717, 1.165) is 35.1 Å². The summed E-state index contributed by atoms with van der Waals surface area (Å²) in [5, 5.41) is 17.7. The molecule has 0 aromatic rings. The van der Waals surface area contributed by atoms with Crippen molar-refractivity contribution in [1.82, 2.24) is 0 Å². The second-order valence-electron chi connectivity index (χ2n) is 16.9. The molecule has 4 atom stereocenters. The van der Waals surface area contributed by atoms with Gasteiger partial charge in [0.2, 0.25) is 0 Å².